The summed E-state index contributed by atoms with van der Waals surface area (Å²) in [5.74, 6) is 0.642. The van der Waals surface area contributed by atoms with Crippen molar-refractivity contribution in [1.29, 1.82) is 0 Å². The van der Waals surface area contributed by atoms with Gasteiger partial charge in [-0.2, -0.15) is 4.31 Å². The molecule has 0 aromatic heterocycles. The smallest absolute Gasteiger partial charge is 0.260 e. The molecule has 4 rings (SSSR count). The van der Waals surface area contributed by atoms with E-state index in [2.05, 4.69) is 0 Å². The molecular weight excluding hydrogens is 400 g/mol. The molecule has 2 saturated heterocycles. The molecule has 0 bridgehead atoms. The molecule has 7 heteroatoms. The first-order chi connectivity index (χ1) is 14.4. The minimum absolute atomic E-state index is 0.0225. The summed E-state index contributed by atoms with van der Waals surface area (Å²) in [6.07, 6.45) is 1.18. The maximum Gasteiger partial charge on any atom is 0.260 e. The number of rotatable bonds is 5. The zero-order valence-electron chi connectivity index (χ0n) is 17.2. The number of ether oxygens (including phenoxy) is 1. The fourth-order valence-electron chi connectivity index (χ4n) is 4.36. The highest BCUT2D eigenvalue weighted by Crippen LogP contribution is 2.35. The van der Waals surface area contributed by atoms with Crippen molar-refractivity contribution in [1.82, 2.24) is 9.21 Å². The summed E-state index contributed by atoms with van der Waals surface area (Å²) in [7, 11) is -3.35. The molecule has 6 nitrogen and oxygen atoms in total. The molecule has 2 aliphatic heterocycles. The van der Waals surface area contributed by atoms with Gasteiger partial charge in [0.05, 0.1) is 5.25 Å². The Kier molecular flexibility index (Phi) is 6.11. The SMILES string of the molecule is Cc1ccc(OCC(=O)N2CC[C@@H]3CN(Cc4ccccc4)S(=O)(=O)[C@@H]3CC2)cc1. The molecule has 0 saturated carbocycles. The lowest BCUT2D eigenvalue weighted by Gasteiger charge is -2.22. The second kappa shape index (κ2) is 8.78. The molecule has 2 atom stereocenters. The van der Waals surface area contributed by atoms with Crippen LogP contribution in [0.4, 0.5) is 0 Å². The highest BCUT2D eigenvalue weighted by Gasteiger charge is 2.47. The van der Waals surface area contributed by atoms with E-state index in [1.54, 1.807) is 9.21 Å². The van der Waals surface area contributed by atoms with Crippen molar-refractivity contribution in [3.63, 3.8) is 0 Å². The lowest BCUT2D eigenvalue weighted by Crippen LogP contribution is -2.37. The summed E-state index contributed by atoms with van der Waals surface area (Å²) in [4.78, 5) is 14.4. The molecule has 2 aliphatic rings. The number of sulfonamides is 1. The van der Waals surface area contributed by atoms with Gasteiger partial charge in [0.15, 0.2) is 6.61 Å². The first-order valence-electron chi connectivity index (χ1n) is 10.4. The summed E-state index contributed by atoms with van der Waals surface area (Å²) >= 11 is 0. The zero-order chi connectivity index (χ0) is 21.1. The van der Waals surface area contributed by atoms with E-state index in [9.17, 15) is 13.2 Å². The lowest BCUT2D eigenvalue weighted by molar-refractivity contribution is -0.133. The van der Waals surface area contributed by atoms with E-state index in [1.807, 2.05) is 61.5 Å². The van der Waals surface area contributed by atoms with E-state index in [4.69, 9.17) is 4.74 Å². The number of carbonyl (C=O) groups excluding carboxylic acids is 1. The first kappa shape index (κ1) is 20.9. The van der Waals surface area contributed by atoms with Crippen LogP contribution in [0.3, 0.4) is 0 Å². The average Bonchev–Trinajstić information content (AvgIpc) is 2.88. The summed E-state index contributed by atoms with van der Waals surface area (Å²) < 4.78 is 33.4. The molecule has 0 aliphatic carbocycles. The Morgan fingerprint density at radius 1 is 1.03 bits per heavy atom. The highest BCUT2D eigenvalue weighted by atomic mass is 32.2. The van der Waals surface area contributed by atoms with Gasteiger partial charge in [-0.1, -0.05) is 48.0 Å². The van der Waals surface area contributed by atoms with Crippen molar-refractivity contribution < 1.29 is 17.9 Å². The lowest BCUT2D eigenvalue weighted by atomic mass is 10.0. The van der Waals surface area contributed by atoms with E-state index < -0.39 is 15.3 Å². The standard InChI is InChI=1S/C23H28N2O4S/c1-18-7-9-21(10-8-18)29-17-23(26)24-13-11-20-16-25(15-19-5-3-2-4-6-19)30(27,28)22(20)12-14-24/h2-10,20,22H,11-17H2,1H3/t20-,22-/m1/s1. The fourth-order valence-corrected chi connectivity index (χ4v) is 6.58. The quantitative estimate of drug-likeness (QED) is 0.735. The number of aryl methyl sites for hydroxylation is 1. The Hall–Kier alpha value is -2.38. The van der Waals surface area contributed by atoms with Gasteiger partial charge in [-0.05, 0) is 43.4 Å². The molecule has 0 unspecified atom stereocenters. The third-order valence-electron chi connectivity index (χ3n) is 6.10. The van der Waals surface area contributed by atoms with Gasteiger partial charge in [0.25, 0.3) is 5.91 Å². The zero-order valence-corrected chi connectivity index (χ0v) is 18.1. The van der Waals surface area contributed by atoms with E-state index in [1.165, 1.54) is 0 Å². The summed E-state index contributed by atoms with van der Waals surface area (Å²) in [5, 5.41) is -0.406. The molecule has 0 spiro atoms. The van der Waals surface area contributed by atoms with Crippen molar-refractivity contribution >= 4 is 15.9 Å². The van der Waals surface area contributed by atoms with Gasteiger partial charge >= 0.3 is 0 Å². The Morgan fingerprint density at radius 3 is 2.47 bits per heavy atom. The van der Waals surface area contributed by atoms with Crippen molar-refractivity contribution in [3.8, 4) is 5.75 Å². The molecule has 0 radical (unpaired) electrons. The van der Waals surface area contributed by atoms with Gasteiger partial charge in [-0.25, -0.2) is 8.42 Å². The molecule has 2 fully saturated rings. The van der Waals surface area contributed by atoms with Gasteiger partial charge < -0.3 is 9.64 Å². The number of hydrogen-bond donors (Lipinski definition) is 0. The highest BCUT2D eigenvalue weighted by molar-refractivity contribution is 7.90. The number of nitrogens with zero attached hydrogens (tertiary/aromatic N) is 2. The Bertz CT molecular complexity index is 976. The molecule has 160 valence electrons. The summed E-state index contributed by atoms with van der Waals surface area (Å²) in [6, 6.07) is 17.3. The molecule has 30 heavy (non-hydrogen) atoms. The fraction of sp³-hybridized carbons (Fsp3) is 0.435. The predicted octanol–water partition coefficient (Wildman–Crippen LogP) is 2.83. The molecule has 2 aromatic rings. The molecule has 2 aromatic carbocycles. The topological polar surface area (TPSA) is 66.9 Å². The van der Waals surface area contributed by atoms with Crippen LogP contribution in [0.15, 0.2) is 54.6 Å². The summed E-state index contributed by atoms with van der Waals surface area (Å²) in [6.45, 7) is 3.96. The number of benzene rings is 2. The van der Waals surface area contributed by atoms with Gasteiger partial charge in [-0.3, -0.25) is 4.79 Å². The van der Waals surface area contributed by atoms with Gasteiger partial charge in [-0.15, -0.1) is 0 Å². The van der Waals surface area contributed by atoms with Crippen LogP contribution in [0.1, 0.15) is 24.0 Å². The van der Waals surface area contributed by atoms with Gasteiger partial charge in [0.1, 0.15) is 5.75 Å². The van der Waals surface area contributed by atoms with Crippen LogP contribution < -0.4 is 4.74 Å². The summed E-state index contributed by atoms with van der Waals surface area (Å²) in [5.41, 5.74) is 2.14. The van der Waals surface area contributed by atoms with Crippen LogP contribution in [0.5, 0.6) is 5.75 Å². The first-order valence-corrected chi connectivity index (χ1v) is 11.9. The number of amides is 1. The monoisotopic (exact) mass is 428 g/mol. The Balaban J connectivity index is 1.35. The normalized spacial score (nSPS) is 23.6. The van der Waals surface area contributed by atoms with E-state index in [0.29, 0.717) is 44.8 Å². The van der Waals surface area contributed by atoms with Crippen LogP contribution in [-0.4, -0.2) is 55.0 Å². The van der Waals surface area contributed by atoms with Crippen molar-refractivity contribution in [2.45, 2.75) is 31.6 Å². The van der Waals surface area contributed by atoms with Crippen LogP contribution in [0.2, 0.25) is 0 Å². The van der Waals surface area contributed by atoms with E-state index in [0.717, 1.165) is 11.1 Å². The van der Waals surface area contributed by atoms with Crippen LogP contribution >= 0.6 is 0 Å². The van der Waals surface area contributed by atoms with Gasteiger partial charge in [0, 0.05) is 26.2 Å². The second-order valence-corrected chi connectivity index (χ2v) is 10.3. The third-order valence-corrected chi connectivity index (χ3v) is 8.48. The van der Waals surface area contributed by atoms with Crippen molar-refractivity contribution in [3.05, 3.63) is 65.7 Å². The van der Waals surface area contributed by atoms with Crippen molar-refractivity contribution in [2.24, 2.45) is 5.92 Å². The third kappa shape index (κ3) is 4.52. The Labute approximate surface area is 178 Å². The maximum atomic E-state index is 13.1. The van der Waals surface area contributed by atoms with E-state index >= 15 is 0 Å². The molecule has 0 N–H and O–H groups in total. The molecule has 1 amide bonds. The minimum atomic E-state index is -3.35. The average molecular weight is 429 g/mol. The van der Waals surface area contributed by atoms with Crippen LogP contribution in [-0.2, 0) is 21.4 Å². The number of fused-ring (bicyclic) bond motifs is 1. The van der Waals surface area contributed by atoms with E-state index in [-0.39, 0.29) is 18.4 Å². The van der Waals surface area contributed by atoms with Gasteiger partial charge in [0.2, 0.25) is 10.0 Å². The van der Waals surface area contributed by atoms with Crippen LogP contribution in [0.25, 0.3) is 0 Å². The number of carbonyl (C=O) groups is 1. The molecular formula is C23H28N2O4S. The van der Waals surface area contributed by atoms with Crippen LogP contribution in [0, 0.1) is 12.8 Å². The largest absolute Gasteiger partial charge is 0.484 e. The minimum Gasteiger partial charge on any atom is -0.484 e. The predicted molar refractivity (Wildman–Crippen MR) is 116 cm³/mol. The Morgan fingerprint density at radius 2 is 1.73 bits per heavy atom. The van der Waals surface area contributed by atoms with Crippen molar-refractivity contribution in [2.75, 3.05) is 26.2 Å². The number of likely N-dealkylation sites (tertiary alicyclic amines) is 1. The number of hydrogen-bond acceptors (Lipinski definition) is 4. The maximum absolute atomic E-state index is 13.1. The molecule has 2 heterocycles. The second-order valence-electron chi connectivity index (χ2n) is 8.18.